The summed E-state index contributed by atoms with van der Waals surface area (Å²) in [4.78, 5) is 4.13. The van der Waals surface area contributed by atoms with E-state index in [1.54, 1.807) is 36.5 Å². The van der Waals surface area contributed by atoms with Gasteiger partial charge in [0.25, 0.3) is 10.1 Å². The van der Waals surface area contributed by atoms with Crippen LogP contribution in [-0.2, 0) is 10.1 Å². The zero-order valence-electron chi connectivity index (χ0n) is 16.0. The van der Waals surface area contributed by atoms with Gasteiger partial charge in [-0.3, -0.25) is 9.54 Å². The smallest absolute Gasteiger partial charge is 0.295 e. The fourth-order valence-electron chi connectivity index (χ4n) is 3.10. The molecule has 0 unspecified atom stereocenters. The molecule has 0 fully saturated rings. The second-order valence-electron chi connectivity index (χ2n) is 6.80. The van der Waals surface area contributed by atoms with Crippen LogP contribution in [0.1, 0.15) is 5.56 Å². The number of hydrogen-bond acceptors (Lipinski definition) is 6. The van der Waals surface area contributed by atoms with Crippen molar-refractivity contribution >= 4 is 38.0 Å². The summed E-state index contributed by atoms with van der Waals surface area (Å²) in [6.45, 7) is 2.02. The molecule has 7 nitrogen and oxygen atoms in total. The SMILES string of the molecule is Cc1ccc(-c2ccc(/N=N/c3cc(S(=O)(=O)O)c4ccccc4c3N)cn2)cc1. The monoisotopic (exact) mass is 418 g/mol. The minimum atomic E-state index is -4.46. The quantitative estimate of drug-likeness (QED) is 0.259. The lowest BCUT2D eigenvalue weighted by Gasteiger charge is -2.09. The first kappa shape index (κ1) is 19.7. The zero-order valence-corrected chi connectivity index (χ0v) is 16.8. The number of anilines is 1. The van der Waals surface area contributed by atoms with Crippen molar-refractivity contribution in [3.05, 3.63) is 78.5 Å². The summed E-state index contributed by atoms with van der Waals surface area (Å²) >= 11 is 0. The standard InChI is InChI=1S/C22H18N4O3S/c1-14-6-8-15(9-7-14)19-11-10-16(13-24-19)25-26-20-12-21(30(27,28)29)17-4-2-3-5-18(17)22(20)23/h2-13H,23H2,1H3,(H,27,28,29)/b26-25+. The molecule has 0 atom stereocenters. The molecular formula is C22H18N4O3S. The highest BCUT2D eigenvalue weighted by atomic mass is 32.2. The average Bonchev–Trinajstić information content (AvgIpc) is 2.73. The van der Waals surface area contributed by atoms with Gasteiger partial charge in [0.2, 0.25) is 0 Å². The van der Waals surface area contributed by atoms with E-state index in [4.69, 9.17) is 5.73 Å². The van der Waals surface area contributed by atoms with Crippen molar-refractivity contribution < 1.29 is 13.0 Å². The van der Waals surface area contributed by atoms with Gasteiger partial charge in [-0.25, -0.2) is 0 Å². The molecule has 150 valence electrons. The van der Waals surface area contributed by atoms with Crippen molar-refractivity contribution in [2.45, 2.75) is 11.8 Å². The van der Waals surface area contributed by atoms with Crippen LogP contribution in [0.15, 0.2) is 88.1 Å². The van der Waals surface area contributed by atoms with E-state index in [0.29, 0.717) is 16.5 Å². The highest BCUT2D eigenvalue weighted by molar-refractivity contribution is 7.86. The first-order chi connectivity index (χ1) is 14.3. The van der Waals surface area contributed by atoms with Crippen LogP contribution in [-0.4, -0.2) is 18.0 Å². The van der Waals surface area contributed by atoms with Gasteiger partial charge in [-0.2, -0.15) is 8.42 Å². The zero-order chi connectivity index (χ0) is 21.3. The molecule has 8 heteroatoms. The van der Waals surface area contributed by atoms with Crippen molar-refractivity contribution in [1.82, 2.24) is 4.98 Å². The molecule has 0 aliphatic rings. The Hall–Kier alpha value is -3.62. The lowest BCUT2D eigenvalue weighted by molar-refractivity contribution is 0.484. The molecule has 1 heterocycles. The van der Waals surface area contributed by atoms with E-state index in [9.17, 15) is 13.0 Å². The third-order valence-electron chi connectivity index (χ3n) is 4.67. The predicted molar refractivity (Wildman–Crippen MR) is 117 cm³/mol. The predicted octanol–water partition coefficient (Wildman–Crippen LogP) is 5.45. The first-order valence-electron chi connectivity index (χ1n) is 9.06. The third-order valence-corrected chi connectivity index (χ3v) is 5.57. The Labute approximate surface area is 173 Å². The third kappa shape index (κ3) is 3.91. The van der Waals surface area contributed by atoms with Gasteiger partial charge in [0.15, 0.2) is 0 Å². The van der Waals surface area contributed by atoms with Gasteiger partial charge in [-0.15, -0.1) is 10.2 Å². The van der Waals surface area contributed by atoms with Crippen LogP contribution in [0.25, 0.3) is 22.0 Å². The van der Waals surface area contributed by atoms with Gasteiger partial charge < -0.3 is 5.73 Å². The molecule has 30 heavy (non-hydrogen) atoms. The number of pyridine rings is 1. The average molecular weight is 418 g/mol. The first-order valence-corrected chi connectivity index (χ1v) is 10.5. The summed E-state index contributed by atoms with van der Waals surface area (Å²) in [7, 11) is -4.46. The molecule has 3 N–H and O–H groups in total. The van der Waals surface area contributed by atoms with Gasteiger partial charge in [0, 0.05) is 16.3 Å². The molecular weight excluding hydrogens is 400 g/mol. The molecule has 0 spiro atoms. The number of aromatic nitrogens is 1. The lowest BCUT2D eigenvalue weighted by atomic mass is 10.1. The summed E-state index contributed by atoms with van der Waals surface area (Å²) < 4.78 is 33.2. The van der Waals surface area contributed by atoms with Gasteiger partial charge in [-0.05, 0) is 25.1 Å². The van der Waals surface area contributed by atoms with Crippen LogP contribution in [0.5, 0.6) is 0 Å². The van der Waals surface area contributed by atoms with E-state index in [2.05, 4.69) is 15.2 Å². The molecule has 3 aromatic carbocycles. The maximum atomic E-state index is 11.8. The van der Waals surface area contributed by atoms with Crippen LogP contribution >= 0.6 is 0 Å². The van der Waals surface area contributed by atoms with E-state index in [1.807, 2.05) is 37.3 Å². The molecule has 4 rings (SSSR count). The van der Waals surface area contributed by atoms with E-state index in [0.717, 1.165) is 11.3 Å². The summed E-state index contributed by atoms with van der Waals surface area (Å²) in [5.41, 5.74) is 10.0. The second kappa shape index (κ2) is 7.66. The van der Waals surface area contributed by atoms with Crippen LogP contribution in [0.3, 0.4) is 0 Å². The normalized spacial score (nSPS) is 11.9. The number of benzene rings is 3. The summed E-state index contributed by atoms with van der Waals surface area (Å²) in [6, 6.07) is 19.4. The fraction of sp³-hybridized carbons (Fsp3) is 0.0455. The summed E-state index contributed by atoms with van der Waals surface area (Å²) in [5, 5.41) is 9.01. The summed E-state index contributed by atoms with van der Waals surface area (Å²) in [6.07, 6.45) is 1.57. The van der Waals surface area contributed by atoms with Crippen LogP contribution in [0.2, 0.25) is 0 Å². The minimum Gasteiger partial charge on any atom is -0.396 e. The molecule has 0 amide bonds. The highest BCUT2D eigenvalue weighted by Gasteiger charge is 2.18. The highest BCUT2D eigenvalue weighted by Crippen LogP contribution is 2.36. The summed E-state index contributed by atoms with van der Waals surface area (Å²) in [5.74, 6) is 0. The number of fused-ring (bicyclic) bond motifs is 1. The van der Waals surface area contributed by atoms with Gasteiger partial charge in [0.1, 0.15) is 16.3 Å². The Morgan fingerprint density at radius 1 is 0.933 bits per heavy atom. The van der Waals surface area contributed by atoms with Crippen molar-refractivity contribution in [2.75, 3.05) is 5.73 Å². The van der Waals surface area contributed by atoms with E-state index in [1.165, 1.54) is 11.6 Å². The van der Waals surface area contributed by atoms with E-state index < -0.39 is 10.1 Å². The molecule has 0 saturated carbocycles. The number of azo groups is 1. The Bertz CT molecular complexity index is 1360. The lowest BCUT2D eigenvalue weighted by Crippen LogP contribution is -2.01. The van der Waals surface area contributed by atoms with E-state index in [-0.39, 0.29) is 16.3 Å². The Kier molecular flexibility index (Phi) is 5.03. The van der Waals surface area contributed by atoms with Crippen LogP contribution in [0.4, 0.5) is 17.1 Å². The van der Waals surface area contributed by atoms with Crippen molar-refractivity contribution in [3.8, 4) is 11.3 Å². The minimum absolute atomic E-state index is 0.143. The van der Waals surface area contributed by atoms with Crippen molar-refractivity contribution in [3.63, 3.8) is 0 Å². The van der Waals surface area contributed by atoms with Gasteiger partial charge >= 0.3 is 0 Å². The molecule has 0 aliphatic carbocycles. The number of nitrogens with zero attached hydrogens (tertiary/aromatic N) is 3. The maximum Gasteiger partial charge on any atom is 0.295 e. The van der Waals surface area contributed by atoms with Crippen LogP contribution < -0.4 is 5.73 Å². The molecule has 0 radical (unpaired) electrons. The van der Waals surface area contributed by atoms with Crippen molar-refractivity contribution in [2.24, 2.45) is 10.2 Å². The number of nitrogens with two attached hydrogens (primary N) is 1. The number of rotatable bonds is 4. The maximum absolute atomic E-state index is 11.8. The molecule has 0 bridgehead atoms. The molecule has 0 aliphatic heterocycles. The molecule has 1 aromatic heterocycles. The fourth-order valence-corrected chi connectivity index (χ4v) is 3.82. The Morgan fingerprint density at radius 3 is 2.27 bits per heavy atom. The molecule has 0 saturated heterocycles. The topological polar surface area (TPSA) is 118 Å². The van der Waals surface area contributed by atoms with Crippen molar-refractivity contribution in [1.29, 1.82) is 0 Å². The molecule has 4 aromatic rings. The Balaban J connectivity index is 1.70. The number of nitrogen functional groups attached to an aromatic ring is 1. The second-order valence-corrected chi connectivity index (χ2v) is 8.19. The largest absolute Gasteiger partial charge is 0.396 e. The van der Waals surface area contributed by atoms with Gasteiger partial charge in [0.05, 0.1) is 17.6 Å². The Morgan fingerprint density at radius 2 is 1.63 bits per heavy atom. The number of hydrogen-bond donors (Lipinski definition) is 2. The van der Waals surface area contributed by atoms with Gasteiger partial charge in [-0.1, -0.05) is 54.1 Å². The van der Waals surface area contributed by atoms with Crippen LogP contribution in [0, 0.1) is 6.92 Å². The van der Waals surface area contributed by atoms with E-state index >= 15 is 0 Å². The number of aryl methyl sites for hydroxylation is 1.